The summed E-state index contributed by atoms with van der Waals surface area (Å²) >= 11 is 0. The summed E-state index contributed by atoms with van der Waals surface area (Å²) in [5.74, 6) is 0.0775. The van der Waals surface area contributed by atoms with Crippen LogP contribution in [0.5, 0.6) is 0 Å². The molecule has 0 bridgehead atoms. The molecular formula is C11H14N2O. The maximum absolute atomic E-state index is 11.6. The fourth-order valence-electron chi connectivity index (χ4n) is 1.66. The van der Waals surface area contributed by atoms with Crippen LogP contribution in [0.4, 0.5) is 0 Å². The molecule has 0 saturated carbocycles. The number of benzene rings is 1. The SMILES string of the molecule is O=C1NCCCNC1c1ccccc1. The van der Waals surface area contributed by atoms with Crippen LogP contribution in [0.1, 0.15) is 18.0 Å². The highest BCUT2D eigenvalue weighted by molar-refractivity contribution is 5.83. The summed E-state index contributed by atoms with van der Waals surface area (Å²) in [6.45, 7) is 1.66. The first-order valence-electron chi connectivity index (χ1n) is 4.94. The van der Waals surface area contributed by atoms with E-state index >= 15 is 0 Å². The van der Waals surface area contributed by atoms with E-state index in [0.29, 0.717) is 0 Å². The molecule has 2 rings (SSSR count). The Balaban J connectivity index is 2.19. The predicted molar refractivity (Wildman–Crippen MR) is 54.8 cm³/mol. The Morgan fingerprint density at radius 2 is 1.93 bits per heavy atom. The van der Waals surface area contributed by atoms with E-state index in [4.69, 9.17) is 0 Å². The molecule has 0 radical (unpaired) electrons. The molecule has 0 spiro atoms. The van der Waals surface area contributed by atoms with E-state index in [0.717, 1.165) is 25.1 Å². The molecule has 1 fully saturated rings. The molecular weight excluding hydrogens is 176 g/mol. The van der Waals surface area contributed by atoms with Gasteiger partial charge in [-0.3, -0.25) is 4.79 Å². The van der Waals surface area contributed by atoms with E-state index in [2.05, 4.69) is 10.6 Å². The summed E-state index contributed by atoms with van der Waals surface area (Å²) in [6, 6.07) is 9.63. The van der Waals surface area contributed by atoms with Crippen LogP contribution < -0.4 is 10.6 Å². The first-order valence-corrected chi connectivity index (χ1v) is 4.94. The predicted octanol–water partition coefficient (Wildman–Crippen LogP) is 0.837. The summed E-state index contributed by atoms with van der Waals surface area (Å²) in [5.41, 5.74) is 1.03. The second-order valence-corrected chi connectivity index (χ2v) is 3.44. The minimum atomic E-state index is -0.182. The normalized spacial score (nSPS) is 22.6. The molecule has 1 unspecified atom stereocenters. The molecule has 3 heteroatoms. The Bertz CT molecular complexity index is 310. The van der Waals surface area contributed by atoms with Gasteiger partial charge in [0.25, 0.3) is 0 Å². The van der Waals surface area contributed by atoms with Gasteiger partial charge in [-0.25, -0.2) is 0 Å². The summed E-state index contributed by atoms with van der Waals surface area (Å²) in [4.78, 5) is 11.6. The Labute approximate surface area is 83.5 Å². The Kier molecular flexibility index (Phi) is 2.79. The molecule has 2 N–H and O–H groups in total. The highest BCUT2D eigenvalue weighted by Crippen LogP contribution is 2.13. The van der Waals surface area contributed by atoms with E-state index in [-0.39, 0.29) is 11.9 Å². The van der Waals surface area contributed by atoms with Crippen molar-refractivity contribution in [1.29, 1.82) is 0 Å². The third kappa shape index (κ3) is 1.93. The van der Waals surface area contributed by atoms with Gasteiger partial charge in [0.2, 0.25) is 5.91 Å². The van der Waals surface area contributed by atoms with Crippen molar-refractivity contribution in [2.75, 3.05) is 13.1 Å². The second kappa shape index (κ2) is 4.24. The van der Waals surface area contributed by atoms with Gasteiger partial charge in [-0.05, 0) is 18.5 Å². The van der Waals surface area contributed by atoms with E-state index in [9.17, 15) is 4.79 Å². The van der Waals surface area contributed by atoms with Gasteiger partial charge >= 0.3 is 0 Å². The van der Waals surface area contributed by atoms with Crippen molar-refractivity contribution in [3.05, 3.63) is 35.9 Å². The Morgan fingerprint density at radius 3 is 2.71 bits per heavy atom. The molecule has 74 valence electrons. The molecule has 0 aliphatic carbocycles. The second-order valence-electron chi connectivity index (χ2n) is 3.44. The number of amides is 1. The summed E-state index contributed by atoms with van der Waals surface area (Å²) in [6.07, 6.45) is 0.995. The van der Waals surface area contributed by atoms with Crippen LogP contribution >= 0.6 is 0 Å². The Morgan fingerprint density at radius 1 is 1.14 bits per heavy atom. The van der Waals surface area contributed by atoms with Crippen molar-refractivity contribution in [1.82, 2.24) is 10.6 Å². The highest BCUT2D eigenvalue weighted by Gasteiger charge is 2.20. The first-order chi connectivity index (χ1) is 6.88. The highest BCUT2D eigenvalue weighted by atomic mass is 16.2. The smallest absolute Gasteiger partial charge is 0.241 e. The van der Waals surface area contributed by atoms with Crippen LogP contribution in [-0.2, 0) is 4.79 Å². The molecule has 1 heterocycles. The monoisotopic (exact) mass is 190 g/mol. The summed E-state index contributed by atoms with van der Waals surface area (Å²) in [5, 5.41) is 6.13. The summed E-state index contributed by atoms with van der Waals surface area (Å²) in [7, 11) is 0. The molecule has 1 aliphatic rings. The molecule has 0 aromatic heterocycles. The number of hydrogen-bond donors (Lipinski definition) is 2. The Hall–Kier alpha value is -1.35. The lowest BCUT2D eigenvalue weighted by atomic mass is 10.1. The molecule has 1 atom stereocenters. The van der Waals surface area contributed by atoms with Crippen LogP contribution in [0, 0.1) is 0 Å². The van der Waals surface area contributed by atoms with E-state index in [1.165, 1.54) is 0 Å². The van der Waals surface area contributed by atoms with Crippen LogP contribution in [0.3, 0.4) is 0 Å². The first kappa shape index (κ1) is 9.21. The molecule has 1 aromatic carbocycles. The lowest BCUT2D eigenvalue weighted by Gasteiger charge is -2.14. The maximum Gasteiger partial charge on any atom is 0.241 e. The molecule has 1 amide bonds. The quantitative estimate of drug-likeness (QED) is 0.689. The van der Waals surface area contributed by atoms with Crippen LogP contribution in [0.15, 0.2) is 30.3 Å². The number of carbonyl (C=O) groups is 1. The zero-order valence-electron chi connectivity index (χ0n) is 7.99. The van der Waals surface area contributed by atoms with Crippen molar-refractivity contribution in [2.24, 2.45) is 0 Å². The minimum absolute atomic E-state index is 0.0775. The summed E-state index contributed by atoms with van der Waals surface area (Å²) < 4.78 is 0. The molecule has 3 nitrogen and oxygen atoms in total. The van der Waals surface area contributed by atoms with Gasteiger partial charge in [-0.15, -0.1) is 0 Å². The largest absolute Gasteiger partial charge is 0.354 e. The third-order valence-electron chi connectivity index (χ3n) is 2.40. The van der Waals surface area contributed by atoms with Crippen molar-refractivity contribution in [3.8, 4) is 0 Å². The van der Waals surface area contributed by atoms with Gasteiger partial charge in [0, 0.05) is 6.54 Å². The van der Waals surface area contributed by atoms with Crippen molar-refractivity contribution in [2.45, 2.75) is 12.5 Å². The van der Waals surface area contributed by atoms with E-state index in [1.807, 2.05) is 30.3 Å². The maximum atomic E-state index is 11.6. The van der Waals surface area contributed by atoms with Gasteiger partial charge in [-0.1, -0.05) is 30.3 Å². The van der Waals surface area contributed by atoms with Gasteiger partial charge in [0.1, 0.15) is 6.04 Å². The topological polar surface area (TPSA) is 41.1 Å². The van der Waals surface area contributed by atoms with Crippen molar-refractivity contribution >= 4 is 5.91 Å². The van der Waals surface area contributed by atoms with Gasteiger partial charge in [-0.2, -0.15) is 0 Å². The number of rotatable bonds is 1. The lowest BCUT2D eigenvalue weighted by Crippen LogP contribution is -2.33. The van der Waals surface area contributed by atoms with Crippen LogP contribution in [-0.4, -0.2) is 19.0 Å². The average molecular weight is 190 g/mol. The van der Waals surface area contributed by atoms with E-state index in [1.54, 1.807) is 0 Å². The fourth-order valence-corrected chi connectivity index (χ4v) is 1.66. The average Bonchev–Trinajstić information content (AvgIpc) is 2.44. The molecule has 14 heavy (non-hydrogen) atoms. The lowest BCUT2D eigenvalue weighted by molar-refractivity contribution is -0.122. The fraction of sp³-hybridized carbons (Fsp3) is 0.364. The molecule has 1 saturated heterocycles. The standard InChI is InChI=1S/C11H14N2O/c14-11-10(12-7-4-8-13-11)9-5-2-1-3-6-9/h1-3,5-6,10,12H,4,7-8H2,(H,13,14). The molecule has 1 aromatic rings. The number of nitrogens with one attached hydrogen (secondary N) is 2. The van der Waals surface area contributed by atoms with Gasteiger partial charge in [0.15, 0.2) is 0 Å². The van der Waals surface area contributed by atoms with Gasteiger partial charge < -0.3 is 10.6 Å². The van der Waals surface area contributed by atoms with Crippen LogP contribution in [0.25, 0.3) is 0 Å². The van der Waals surface area contributed by atoms with Crippen LogP contribution in [0.2, 0.25) is 0 Å². The zero-order valence-corrected chi connectivity index (χ0v) is 7.99. The number of hydrogen-bond acceptors (Lipinski definition) is 2. The zero-order chi connectivity index (χ0) is 9.80. The van der Waals surface area contributed by atoms with Gasteiger partial charge in [0.05, 0.1) is 0 Å². The van der Waals surface area contributed by atoms with E-state index < -0.39 is 0 Å². The van der Waals surface area contributed by atoms with Crippen molar-refractivity contribution < 1.29 is 4.79 Å². The molecule has 1 aliphatic heterocycles. The van der Waals surface area contributed by atoms with Crippen molar-refractivity contribution in [3.63, 3.8) is 0 Å². The third-order valence-corrected chi connectivity index (χ3v) is 2.40. The minimum Gasteiger partial charge on any atom is -0.354 e. The number of carbonyl (C=O) groups excluding carboxylic acids is 1.